The van der Waals surface area contributed by atoms with Crippen LogP contribution < -0.4 is 10.2 Å². The Bertz CT molecular complexity index is 942. The lowest BCUT2D eigenvalue weighted by Gasteiger charge is -2.06. The standard InChI is InChI=1S/C19H14Cl2N2O2/c1-25-18-16(20)9-12(10-17(18)21)11-22-23-19(24)15-8-4-6-13-5-2-3-7-14(13)15/h2-11H,1H3,(H,23,24)/b22-11-. The van der Waals surface area contributed by atoms with Crippen LogP contribution in [0, 0.1) is 0 Å². The number of amides is 1. The molecule has 3 aromatic carbocycles. The number of carbonyl (C=O) groups is 1. The summed E-state index contributed by atoms with van der Waals surface area (Å²) in [6.07, 6.45) is 1.47. The second kappa shape index (κ2) is 7.55. The average Bonchev–Trinajstić information content (AvgIpc) is 2.61. The molecular formula is C19H14Cl2N2O2. The molecule has 0 saturated carbocycles. The minimum Gasteiger partial charge on any atom is -0.494 e. The highest BCUT2D eigenvalue weighted by atomic mass is 35.5. The number of nitrogens with one attached hydrogen (secondary N) is 1. The minimum atomic E-state index is -0.293. The molecule has 3 aromatic rings. The first kappa shape index (κ1) is 17.3. The third-order valence-corrected chi connectivity index (χ3v) is 4.20. The Morgan fingerprint density at radius 2 is 1.76 bits per heavy atom. The van der Waals surface area contributed by atoms with Gasteiger partial charge in [-0.25, -0.2) is 5.43 Å². The number of ether oxygens (including phenoxy) is 1. The number of halogens is 2. The maximum atomic E-state index is 12.4. The van der Waals surface area contributed by atoms with Crippen molar-refractivity contribution in [3.63, 3.8) is 0 Å². The molecule has 0 bridgehead atoms. The first-order valence-corrected chi connectivity index (χ1v) is 8.20. The number of hydrogen-bond donors (Lipinski definition) is 1. The van der Waals surface area contributed by atoms with Crippen LogP contribution in [0.5, 0.6) is 5.75 Å². The van der Waals surface area contributed by atoms with Gasteiger partial charge in [0, 0.05) is 5.56 Å². The van der Waals surface area contributed by atoms with Crippen LogP contribution in [0.3, 0.4) is 0 Å². The van der Waals surface area contributed by atoms with Crippen molar-refractivity contribution in [1.82, 2.24) is 5.43 Å². The summed E-state index contributed by atoms with van der Waals surface area (Å²) in [5.41, 5.74) is 3.72. The molecular weight excluding hydrogens is 359 g/mol. The number of nitrogens with zero attached hydrogens (tertiary/aromatic N) is 1. The highest BCUT2D eigenvalue weighted by Gasteiger charge is 2.09. The van der Waals surface area contributed by atoms with Gasteiger partial charge < -0.3 is 4.74 Å². The number of hydrogen-bond acceptors (Lipinski definition) is 3. The zero-order valence-corrected chi connectivity index (χ0v) is 14.8. The third-order valence-electron chi connectivity index (χ3n) is 3.64. The molecule has 0 atom stereocenters. The summed E-state index contributed by atoms with van der Waals surface area (Å²) in [6, 6.07) is 16.5. The van der Waals surface area contributed by atoms with Gasteiger partial charge in [0.25, 0.3) is 5.91 Å². The molecule has 0 aliphatic rings. The van der Waals surface area contributed by atoms with Gasteiger partial charge in [-0.1, -0.05) is 59.6 Å². The number of carbonyl (C=O) groups excluding carboxylic acids is 1. The van der Waals surface area contributed by atoms with Crippen LogP contribution in [0.25, 0.3) is 10.8 Å². The van der Waals surface area contributed by atoms with Gasteiger partial charge in [-0.05, 0) is 34.5 Å². The summed E-state index contributed by atoms with van der Waals surface area (Å²) >= 11 is 12.2. The van der Waals surface area contributed by atoms with Crippen molar-refractivity contribution in [2.45, 2.75) is 0 Å². The third kappa shape index (κ3) is 3.76. The van der Waals surface area contributed by atoms with Gasteiger partial charge in [-0.2, -0.15) is 5.10 Å². The van der Waals surface area contributed by atoms with Gasteiger partial charge >= 0.3 is 0 Å². The first-order valence-electron chi connectivity index (χ1n) is 7.44. The number of fused-ring (bicyclic) bond motifs is 1. The second-order valence-corrected chi connectivity index (χ2v) is 6.06. The fourth-order valence-corrected chi connectivity index (χ4v) is 3.16. The van der Waals surface area contributed by atoms with E-state index < -0.39 is 0 Å². The van der Waals surface area contributed by atoms with Crippen molar-refractivity contribution in [3.05, 3.63) is 75.8 Å². The van der Waals surface area contributed by atoms with Gasteiger partial charge in [0.1, 0.15) is 0 Å². The fraction of sp³-hybridized carbons (Fsp3) is 0.0526. The Hall–Kier alpha value is -2.56. The van der Waals surface area contributed by atoms with E-state index in [1.165, 1.54) is 13.3 Å². The van der Waals surface area contributed by atoms with E-state index in [4.69, 9.17) is 27.9 Å². The predicted molar refractivity (Wildman–Crippen MR) is 102 cm³/mol. The van der Waals surface area contributed by atoms with E-state index in [2.05, 4.69) is 10.5 Å². The van der Waals surface area contributed by atoms with E-state index in [0.717, 1.165) is 10.8 Å². The molecule has 0 aliphatic carbocycles. The van der Waals surface area contributed by atoms with Crippen LogP contribution in [0.15, 0.2) is 59.7 Å². The topological polar surface area (TPSA) is 50.7 Å². The van der Waals surface area contributed by atoms with Crippen LogP contribution in [0.4, 0.5) is 0 Å². The molecule has 126 valence electrons. The quantitative estimate of drug-likeness (QED) is 0.521. The smallest absolute Gasteiger partial charge is 0.271 e. The van der Waals surface area contributed by atoms with Crippen molar-refractivity contribution in [1.29, 1.82) is 0 Å². The van der Waals surface area contributed by atoms with E-state index >= 15 is 0 Å². The van der Waals surface area contributed by atoms with Crippen LogP contribution in [-0.2, 0) is 0 Å². The zero-order valence-electron chi connectivity index (χ0n) is 13.3. The zero-order chi connectivity index (χ0) is 17.8. The van der Waals surface area contributed by atoms with E-state index in [0.29, 0.717) is 26.9 Å². The highest BCUT2D eigenvalue weighted by Crippen LogP contribution is 2.33. The molecule has 0 aliphatic heterocycles. The monoisotopic (exact) mass is 372 g/mol. The van der Waals surface area contributed by atoms with Crippen molar-refractivity contribution in [2.75, 3.05) is 7.11 Å². The molecule has 4 nitrogen and oxygen atoms in total. The van der Waals surface area contributed by atoms with Gasteiger partial charge in [0.05, 0.1) is 23.4 Å². The highest BCUT2D eigenvalue weighted by molar-refractivity contribution is 6.37. The molecule has 0 unspecified atom stereocenters. The van der Waals surface area contributed by atoms with Crippen molar-refractivity contribution in [3.8, 4) is 5.75 Å². The SMILES string of the molecule is COc1c(Cl)cc(/C=N\NC(=O)c2cccc3ccccc23)cc1Cl. The molecule has 0 spiro atoms. The van der Waals surface area contributed by atoms with Crippen molar-refractivity contribution >= 4 is 46.1 Å². The van der Waals surface area contributed by atoms with Crippen LogP contribution in [0.1, 0.15) is 15.9 Å². The molecule has 1 N–H and O–H groups in total. The number of rotatable bonds is 4. The average molecular weight is 373 g/mol. The molecule has 0 fully saturated rings. The Morgan fingerprint density at radius 1 is 1.08 bits per heavy atom. The lowest BCUT2D eigenvalue weighted by atomic mass is 10.0. The normalized spacial score (nSPS) is 11.0. The van der Waals surface area contributed by atoms with Gasteiger partial charge in [0.15, 0.2) is 5.75 Å². The fourth-order valence-electron chi connectivity index (χ4n) is 2.50. The minimum absolute atomic E-state index is 0.293. The largest absolute Gasteiger partial charge is 0.494 e. The maximum absolute atomic E-state index is 12.4. The molecule has 1 amide bonds. The summed E-state index contributed by atoms with van der Waals surface area (Å²) in [7, 11) is 1.49. The van der Waals surface area contributed by atoms with Gasteiger partial charge in [-0.3, -0.25) is 4.79 Å². The Labute approximate surface area is 155 Å². The summed E-state index contributed by atoms with van der Waals surface area (Å²) < 4.78 is 5.09. The van der Waals surface area contributed by atoms with E-state index in [1.54, 1.807) is 18.2 Å². The van der Waals surface area contributed by atoms with E-state index in [1.807, 2.05) is 36.4 Å². The number of methoxy groups -OCH3 is 1. The summed E-state index contributed by atoms with van der Waals surface area (Å²) in [6.45, 7) is 0. The Kier molecular flexibility index (Phi) is 5.22. The molecule has 0 aromatic heterocycles. The number of benzene rings is 3. The molecule has 6 heteroatoms. The van der Waals surface area contributed by atoms with Crippen molar-refractivity contribution < 1.29 is 9.53 Å². The molecule has 0 radical (unpaired) electrons. The first-order chi connectivity index (χ1) is 12.1. The van der Waals surface area contributed by atoms with Crippen LogP contribution in [-0.4, -0.2) is 19.2 Å². The lowest BCUT2D eigenvalue weighted by molar-refractivity contribution is 0.0957. The molecule has 0 saturated heterocycles. The van der Waals surface area contributed by atoms with E-state index in [-0.39, 0.29) is 5.91 Å². The summed E-state index contributed by atoms with van der Waals surface area (Å²) in [5, 5.41) is 6.59. The molecule has 25 heavy (non-hydrogen) atoms. The molecule has 0 heterocycles. The Morgan fingerprint density at radius 3 is 2.48 bits per heavy atom. The van der Waals surface area contributed by atoms with Crippen molar-refractivity contribution in [2.24, 2.45) is 5.10 Å². The van der Waals surface area contributed by atoms with Gasteiger partial charge in [0.2, 0.25) is 0 Å². The summed E-state index contributed by atoms with van der Waals surface area (Å²) in [5.74, 6) is 0.110. The Balaban J connectivity index is 1.79. The second-order valence-electron chi connectivity index (χ2n) is 5.24. The lowest BCUT2D eigenvalue weighted by Crippen LogP contribution is -2.17. The number of hydrazone groups is 1. The predicted octanol–water partition coefficient (Wildman–Crippen LogP) is 4.92. The maximum Gasteiger partial charge on any atom is 0.271 e. The van der Waals surface area contributed by atoms with Crippen LogP contribution in [0.2, 0.25) is 10.0 Å². The van der Waals surface area contributed by atoms with Crippen LogP contribution >= 0.6 is 23.2 Å². The molecule has 3 rings (SSSR count). The van der Waals surface area contributed by atoms with Gasteiger partial charge in [-0.15, -0.1) is 0 Å². The van der Waals surface area contributed by atoms with E-state index in [9.17, 15) is 4.79 Å². The summed E-state index contributed by atoms with van der Waals surface area (Å²) in [4.78, 5) is 12.4.